The topological polar surface area (TPSA) is 73.9 Å². The first kappa shape index (κ1) is 21.6. The van der Waals surface area contributed by atoms with Crippen LogP contribution in [0.1, 0.15) is 22.8 Å². The zero-order chi connectivity index (χ0) is 20.8. The zero-order valence-electron chi connectivity index (χ0n) is 15.8. The summed E-state index contributed by atoms with van der Waals surface area (Å²) in [5, 5.41) is 3.59. The molecule has 0 atom stereocenters. The summed E-state index contributed by atoms with van der Waals surface area (Å²) in [6, 6.07) is 7.92. The quantitative estimate of drug-likeness (QED) is 0.531. The van der Waals surface area contributed by atoms with Crippen LogP contribution in [0.2, 0.25) is 10.0 Å². The number of allylic oxidation sites excluding steroid dienone is 1. The van der Waals surface area contributed by atoms with Crippen molar-refractivity contribution in [2.45, 2.75) is 6.92 Å². The number of hydrogen-bond donors (Lipinski definition) is 1. The normalized spacial score (nSPS) is 11.0. The molecule has 0 aliphatic rings. The molecule has 0 aliphatic carbocycles. The van der Waals surface area contributed by atoms with Crippen molar-refractivity contribution in [1.82, 2.24) is 0 Å². The van der Waals surface area contributed by atoms with Crippen LogP contribution >= 0.6 is 23.2 Å². The van der Waals surface area contributed by atoms with Crippen molar-refractivity contribution in [3.63, 3.8) is 0 Å². The summed E-state index contributed by atoms with van der Waals surface area (Å²) in [4.78, 5) is 24.6. The third-order valence-corrected chi connectivity index (χ3v) is 4.44. The lowest BCUT2D eigenvalue weighted by atomic mass is 10.1. The molecule has 28 heavy (non-hydrogen) atoms. The second kappa shape index (κ2) is 9.48. The van der Waals surface area contributed by atoms with Gasteiger partial charge >= 0.3 is 5.97 Å². The van der Waals surface area contributed by atoms with Gasteiger partial charge in [0, 0.05) is 28.3 Å². The number of halogens is 2. The Morgan fingerprint density at radius 1 is 0.964 bits per heavy atom. The monoisotopic (exact) mass is 423 g/mol. The summed E-state index contributed by atoms with van der Waals surface area (Å²) in [7, 11) is 4.14. The highest BCUT2D eigenvalue weighted by Gasteiger charge is 2.19. The fraction of sp³-hybridized carbons (Fsp3) is 0.200. The van der Waals surface area contributed by atoms with Gasteiger partial charge in [0.05, 0.1) is 32.6 Å². The molecule has 8 heteroatoms. The maximum Gasteiger partial charge on any atom is 0.340 e. The summed E-state index contributed by atoms with van der Waals surface area (Å²) in [5.74, 6) is -0.397. The first-order valence-corrected chi connectivity index (χ1v) is 8.85. The number of carbonyl (C=O) groups is 2. The van der Waals surface area contributed by atoms with Crippen LogP contribution < -0.4 is 14.8 Å². The van der Waals surface area contributed by atoms with Crippen molar-refractivity contribution in [3.05, 3.63) is 57.6 Å². The molecule has 0 aliphatic heterocycles. The molecule has 2 aromatic rings. The number of ether oxygens (including phenoxy) is 3. The number of benzene rings is 2. The summed E-state index contributed by atoms with van der Waals surface area (Å²) in [6.07, 6.45) is 1.37. The van der Waals surface area contributed by atoms with Crippen LogP contribution in [0.5, 0.6) is 11.5 Å². The summed E-state index contributed by atoms with van der Waals surface area (Å²) in [6.45, 7) is 1.74. The standard InChI is InChI=1S/C20H19Cl2NO5/c1-11(13-6-5-12(21)8-15(13)22)7-19(24)23-16-10-18(27-3)17(26-2)9-14(16)20(25)28-4/h5-10H,1-4H3,(H,23,24)/b11-7-. The zero-order valence-corrected chi connectivity index (χ0v) is 17.3. The minimum atomic E-state index is -0.627. The Hall–Kier alpha value is -2.70. The number of rotatable bonds is 6. The van der Waals surface area contributed by atoms with Gasteiger partial charge in [-0.25, -0.2) is 4.79 Å². The van der Waals surface area contributed by atoms with E-state index in [1.807, 2.05) is 0 Å². The molecular weight excluding hydrogens is 405 g/mol. The molecule has 1 N–H and O–H groups in total. The molecule has 1 amide bonds. The van der Waals surface area contributed by atoms with Gasteiger partial charge < -0.3 is 19.5 Å². The number of nitrogens with one attached hydrogen (secondary N) is 1. The van der Waals surface area contributed by atoms with Crippen LogP contribution in [0.3, 0.4) is 0 Å². The van der Waals surface area contributed by atoms with E-state index >= 15 is 0 Å². The van der Waals surface area contributed by atoms with Crippen LogP contribution in [-0.2, 0) is 9.53 Å². The van der Waals surface area contributed by atoms with Gasteiger partial charge in [0.25, 0.3) is 0 Å². The van der Waals surface area contributed by atoms with Gasteiger partial charge in [0.1, 0.15) is 0 Å². The number of amides is 1. The van der Waals surface area contributed by atoms with E-state index in [-0.39, 0.29) is 11.3 Å². The highest BCUT2D eigenvalue weighted by atomic mass is 35.5. The lowest BCUT2D eigenvalue weighted by molar-refractivity contribution is -0.111. The van der Waals surface area contributed by atoms with Gasteiger partial charge in [-0.15, -0.1) is 0 Å². The Labute approximate surface area is 173 Å². The third kappa shape index (κ3) is 4.97. The molecular formula is C20H19Cl2NO5. The van der Waals surface area contributed by atoms with Crippen LogP contribution in [0.15, 0.2) is 36.4 Å². The molecule has 2 aromatic carbocycles. The molecule has 0 fully saturated rings. The van der Waals surface area contributed by atoms with E-state index < -0.39 is 11.9 Å². The number of esters is 1. The molecule has 0 heterocycles. The largest absolute Gasteiger partial charge is 0.493 e. The van der Waals surface area contributed by atoms with Gasteiger partial charge in [-0.05, 0) is 30.2 Å². The van der Waals surface area contributed by atoms with Gasteiger partial charge in [0.15, 0.2) is 11.5 Å². The summed E-state index contributed by atoms with van der Waals surface area (Å²) >= 11 is 12.1. The van der Waals surface area contributed by atoms with Crippen molar-refractivity contribution < 1.29 is 23.8 Å². The van der Waals surface area contributed by atoms with Crippen molar-refractivity contribution in [3.8, 4) is 11.5 Å². The molecule has 148 valence electrons. The number of anilines is 1. The van der Waals surface area contributed by atoms with Crippen LogP contribution in [-0.4, -0.2) is 33.2 Å². The SMILES string of the molecule is COC(=O)c1cc(OC)c(OC)cc1NC(=O)/C=C(/C)c1ccc(Cl)cc1Cl. The number of methoxy groups -OCH3 is 3. The molecule has 0 bridgehead atoms. The van der Waals surface area contributed by atoms with Gasteiger partial charge in [0.2, 0.25) is 5.91 Å². The van der Waals surface area contributed by atoms with E-state index in [0.29, 0.717) is 32.7 Å². The van der Waals surface area contributed by atoms with Crippen molar-refractivity contribution in [1.29, 1.82) is 0 Å². The molecule has 0 spiro atoms. The Balaban J connectivity index is 2.37. The van der Waals surface area contributed by atoms with E-state index in [4.69, 9.17) is 37.4 Å². The maximum absolute atomic E-state index is 12.5. The summed E-state index contributed by atoms with van der Waals surface area (Å²) in [5.41, 5.74) is 1.64. The highest BCUT2D eigenvalue weighted by molar-refractivity contribution is 6.35. The number of carbonyl (C=O) groups excluding carboxylic acids is 2. The lowest BCUT2D eigenvalue weighted by Gasteiger charge is -2.14. The fourth-order valence-electron chi connectivity index (χ4n) is 2.51. The van der Waals surface area contributed by atoms with Gasteiger partial charge in [-0.2, -0.15) is 0 Å². The maximum atomic E-state index is 12.5. The Morgan fingerprint density at radius 3 is 2.18 bits per heavy atom. The smallest absolute Gasteiger partial charge is 0.340 e. The van der Waals surface area contributed by atoms with Crippen LogP contribution in [0, 0.1) is 0 Å². The highest BCUT2D eigenvalue weighted by Crippen LogP contribution is 2.34. The Kier molecular flexibility index (Phi) is 7.31. The lowest BCUT2D eigenvalue weighted by Crippen LogP contribution is -2.14. The molecule has 0 unspecified atom stereocenters. The number of hydrogen-bond acceptors (Lipinski definition) is 5. The predicted molar refractivity (Wildman–Crippen MR) is 110 cm³/mol. The Bertz CT molecular complexity index is 940. The van der Waals surface area contributed by atoms with Crippen LogP contribution in [0.4, 0.5) is 5.69 Å². The first-order chi connectivity index (χ1) is 13.3. The molecule has 0 radical (unpaired) electrons. The minimum Gasteiger partial charge on any atom is -0.493 e. The fourth-order valence-corrected chi connectivity index (χ4v) is 3.07. The van der Waals surface area contributed by atoms with E-state index in [1.165, 1.54) is 39.5 Å². The van der Waals surface area contributed by atoms with E-state index in [1.54, 1.807) is 25.1 Å². The van der Waals surface area contributed by atoms with E-state index in [2.05, 4.69) is 5.32 Å². The molecule has 2 rings (SSSR count). The van der Waals surface area contributed by atoms with Crippen LogP contribution in [0.25, 0.3) is 5.57 Å². The molecule has 0 saturated heterocycles. The third-order valence-electron chi connectivity index (χ3n) is 3.89. The van der Waals surface area contributed by atoms with Gasteiger partial charge in [-0.3, -0.25) is 4.79 Å². The molecule has 6 nitrogen and oxygen atoms in total. The first-order valence-electron chi connectivity index (χ1n) is 8.09. The average molecular weight is 424 g/mol. The minimum absolute atomic E-state index is 0.129. The van der Waals surface area contributed by atoms with Gasteiger partial charge in [-0.1, -0.05) is 29.3 Å². The van der Waals surface area contributed by atoms with Crippen molar-refractivity contribution >= 4 is 46.3 Å². The van der Waals surface area contributed by atoms with E-state index in [9.17, 15) is 9.59 Å². The van der Waals surface area contributed by atoms with Crippen molar-refractivity contribution in [2.75, 3.05) is 26.6 Å². The molecule has 0 aromatic heterocycles. The molecule has 0 saturated carbocycles. The Morgan fingerprint density at radius 2 is 1.61 bits per heavy atom. The second-order valence-corrected chi connectivity index (χ2v) is 6.53. The summed E-state index contributed by atoms with van der Waals surface area (Å²) < 4.78 is 15.2. The second-order valence-electron chi connectivity index (χ2n) is 5.69. The predicted octanol–water partition coefficient (Wildman–Crippen LogP) is 4.84. The van der Waals surface area contributed by atoms with E-state index in [0.717, 1.165) is 0 Å². The average Bonchev–Trinajstić information content (AvgIpc) is 2.66. The van der Waals surface area contributed by atoms with Crippen molar-refractivity contribution in [2.24, 2.45) is 0 Å².